The third kappa shape index (κ3) is 3.04. The summed E-state index contributed by atoms with van der Waals surface area (Å²) in [5, 5.41) is 0. The van der Waals surface area contributed by atoms with Crippen molar-refractivity contribution in [3.63, 3.8) is 0 Å². The van der Waals surface area contributed by atoms with Crippen LogP contribution in [0.4, 0.5) is 14.6 Å². The van der Waals surface area contributed by atoms with Crippen LogP contribution in [0, 0.1) is 11.6 Å². The maximum Gasteiger partial charge on any atom is 0.165 e. The van der Waals surface area contributed by atoms with E-state index in [4.69, 9.17) is 0 Å². The summed E-state index contributed by atoms with van der Waals surface area (Å²) in [6.07, 6.45) is 3.52. The van der Waals surface area contributed by atoms with Gasteiger partial charge in [-0.2, -0.15) is 0 Å². The minimum absolute atomic E-state index is 0.293. The van der Waals surface area contributed by atoms with Crippen molar-refractivity contribution in [1.29, 1.82) is 0 Å². The molecule has 0 radical (unpaired) electrons. The fourth-order valence-electron chi connectivity index (χ4n) is 2.59. The summed E-state index contributed by atoms with van der Waals surface area (Å²) in [4.78, 5) is 9.16. The van der Waals surface area contributed by atoms with E-state index in [9.17, 15) is 8.78 Å². The molecule has 0 atom stereocenters. The Labute approximate surface area is 142 Å². The van der Waals surface area contributed by atoms with Gasteiger partial charge in [-0.1, -0.05) is 18.2 Å². The van der Waals surface area contributed by atoms with Gasteiger partial charge in [0, 0.05) is 18.0 Å². The van der Waals surface area contributed by atoms with Crippen molar-refractivity contribution in [3.05, 3.63) is 90.1 Å². The highest BCUT2D eigenvalue weighted by molar-refractivity contribution is 5.85. The van der Waals surface area contributed by atoms with E-state index < -0.39 is 0 Å². The van der Waals surface area contributed by atoms with Crippen molar-refractivity contribution < 1.29 is 8.78 Å². The molecule has 0 spiro atoms. The van der Waals surface area contributed by atoms with E-state index in [-0.39, 0.29) is 11.6 Å². The van der Waals surface area contributed by atoms with E-state index in [0.717, 1.165) is 16.8 Å². The van der Waals surface area contributed by atoms with E-state index >= 15 is 0 Å². The Balaban J connectivity index is 1.84. The van der Waals surface area contributed by atoms with Crippen LogP contribution in [-0.4, -0.2) is 15.6 Å². The van der Waals surface area contributed by atoms with Gasteiger partial charge in [0.2, 0.25) is 0 Å². The molecule has 0 fully saturated rings. The van der Waals surface area contributed by atoms with Gasteiger partial charge in [-0.25, -0.2) is 18.8 Å². The SMILES string of the molecule is Fc1ccc(/C=N/c2c(-c3ccc(F)cc3)nc3ccccn23)cc1. The molecule has 0 N–H and O–H groups in total. The van der Waals surface area contributed by atoms with Gasteiger partial charge in [0.25, 0.3) is 0 Å². The van der Waals surface area contributed by atoms with Crippen LogP contribution in [0.2, 0.25) is 0 Å². The minimum atomic E-state index is -0.302. The Kier molecular flexibility index (Phi) is 3.82. The molecule has 2 heterocycles. The molecule has 122 valence electrons. The molecule has 0 aliphatic carbocycles. The quantitative estimate of drug-likeness (QED) is 0.484. The standard InChI is InChI=1S/C20H13F2N3/c21-16-8-4-14(5-9-16)13-23-20-19(15-6-10-17(22)11-7-15)24-18-3-1-2-12-25(18)20/h1-13H/b23-13+. The molecule has 5 heteroatoms. The van der Waals surface area contributed by atoms with Crippen molar-refractivity contribution >= 4 is 17.7 Å². The topological polar surface area (TPSA) is 29.7 Å². The van der Waals surface area contributed by atoms with Gasteiger partial charge in [0.1, 0.15) is 23.0 Å². The van der Waals surface area contributed by atoms with Gasteiger partial charge in [0.05, 0.1) is 0 Å². The number of aliphatic imine (C=N–C) groups is 1. The van der Waals surface area contributed by atoms with E-state index in [1.165, 1.54) is 24.3 Å². The van der Waals surface area contributed by atoms with Crippen molar-refractivity contribution in [2.75, 3.05) is 0 Å². The second kappa shape index (κ2) is 6.28. The molecule has 0 saturated carbocycles. The lowest BCUT2D eigenvalue weighted by molar-refractivity contribution is 0.627. The molecule has 25 heavy (non-hydrogen) atoms. The Bertz CT molecular complexity index is 1050. The van der Waals surface area contributed by atoms with Crippen LogP contribution in [0.3, 0.4) is 0 Å². The van der Waals surface area contributed by atoms with E-state index in [1.807, 2.05) is 28.8 Å². The highest BCUT2D eigenvalue weighted by atomic mass is 19.1. The molecule has 0 bridgehead atoms. The number of fused-ring (bicyclic) bond motifs is 1. The van der Waals surface area contributed by atoms with Crippen LogP contribution in [0.25, 0.3) is 16.9 Å². The van der Waals surface area contributed by atoms with Crippen molar-refractivity contribution in [2.45, 2.75) is 0 Å². The maximum atomic E-state index is 13.2. The zero-order valence-corrected chi connectivity index (χ0v) is 13.1. The molecular formula is C20H13F2N3. The smallest absolute Gasteiger partial charge is 0.165 e. The predicted octanol–water partition coefficient (Wildman–Crippen LogP) is 5.03. The average molecular weight is 333 g/mol. The summed E-state index contributed by atoms with van der Waals surface area (Å²) in [5.74, 6) is 0.0364. The fraction of sp³-hybridized carbons (Fsp3) is 0. The van der Waals surface area contributed by atoms with Crippen LogP contribution in [0.1, 0.15) is 5.56 Å². The maximum absolute atomic E-state index is 13.2. The lowest BCUT2D eigenvalue weighted by atomic mass is 10.1. The first kappa shape index (κ1) is 15.2. The Hall–Kier alpha value is -3.34. The van der Waals surface area contributed by atoms with E-state index in [1.54, 1.807) is 30.5 Å². The van der Waals surface area contributed by atoms with E-state index in [2.05, 4.69) is 9.98 Å². The molecule has 4 aromatic rings. The normalized spacial score (nSPS) is 11.4. The number of pyridine rings is 1. The minimum Gasteiger partial charge on any atom is -0.284 e. The van der Waals surface area contributed by atoms with Crippen LogP contribution < -0.4 is 0 Å². The van der Waals surface area contributed by atoms with Gasteiger partial charge >= 0.3 is 0 Å². The summed E-state index contributed by atoms with van der Waals surface area (Å²) in [7, 11) is 0. The molecule has 0 amide bonds. The number of aromatic nitrogens is 2. The van der Waals surface area contributed by atoms with Crippen LogP contribution in [0.5, 0.6) is 0 Å². The van der Waals surface area contributed by atoms with Crippen molar-refractivity contribution in [2.24, 2.45) is 4.99 Å². The monoisotopic (exact) mass is 333 g/mol. The first-order valence-corrected chi connectivity index (χ1v) is 7.73. The molecule has 0 aliphatic heterocycles. The fourth-order valence-corrected chi connectivity index (χ4v) is 2.59. The van der Waals surface area contributed by atoms with Gasteiger partial charge in [-0.05, 0) is 54.1 Å². The van der Waals surface area contributed by atoms with Crippen molar-refractivity contribution in [3.8, 4) is 11.3 Å². The lowest BCUT2D eigenvalue weighted by Crippen LogP contribution is -1.85. The molecule has 0 aliphatic rings. The first-order valence-electron chi connectivity index (χ1n) is 7.73. The Morgan fingerprint density at radius 1 is 0.840 bits per heavy atom. The average Bonchev–Trinajstić information content (AvgIpc) is 3.00. The van der Waals surface area contributed by atoms with Crippen molar-refractivity contribution in [1.82, 2.24) is 9.38 Å². The highest BCUT2D eigenvalue weighted by Gasteiger charge is 2.13. The van der Waals surface area contributed by atoms with Crippen LogP contribution in [0.15, 0.2) is 77.9 Å². The molecule has 4 rings (SSSR count). The zero-order valence-electron chi connectivity index (χ0n) is 13.1. The van der Waals surface area contributed by atoms with Crippen LogP contribution >= 0.6 is 0 Å². The number of hydrogen-bond acceptors (Lipinski definition) is 2. The first-order chi connectivity index (χ1) is 12.2. The number of nitrogens with zero attached hydrogens (tertiary/aromatic N) is 3. The van der Waals surface area contributed by atoms with E-state index in [0.29, 0.717) is 11.5 Å². The summed E-state index contributed by atoms with van der Waals surface area (Å²) in [6.45, 7) is 0. The van der Waals surface area contributed by atoms with Crippen LogP contribution in [-0.2, 0) is 0 Å². The second-order valence-electron chi connectivity index (χ2n) is 5.53. The highest BCUT2D eigenvalue weighted by Crippen LogP contribution is 2.31. The molecule has 0 saturated heterocycles. The molecule has 2 aromatic carbocycles. The predicted molar refractivity (Wildman–Crippen MR) is 94.2 cm³/mol. The molecule has 0 unspecified atom stereocenters. The largest absolute Gasteiger partial charge is 0.284 e. The third-order valence-electron chi connectivity index (χ3n) is 3.83. The second-order valence-corrected chi connectivity index (χ2v) is 5.53. The summed E-state index contributed by atoms with van der Waals surface area (Å²) >= 11 is 0. The molecule has 2 aromatic heterocycles. The third-order valence-corrected chi connectivity index (χ3v) is 3.83. The molecular weight excluding hydrogens is 320 g/mol. The van der Waals surface area contributed by atoms with Gasteiger partial charge in [0.15, 0.2) is 5.82 Å². The Morgan fingerprint density at radius 3 is 2.24 bits per heavy atom. The number of rotatable bonds is 3. The summed E-state index contributed by atoms with van der Waals surface area (Å²) in [5.41, 5.74) is 2.95. The summed E-state index contributed by atoms with van der Waals surface area (Å²) < 4.78 is 28.1. The van der Waals surface area contributed by atoms with Gasteiger partial charge < -0.3 is 0 Å². The lowest BCUT2D eigenvalue weighted by Gasteiger charge is -2.00. The van der Waals surface area contributed by atoms with Gasteiger partial charge in [-0.15, -0.1) is 0 Å². The number of imidazole rings is 1. The Morgan fingerprint density at radius 2 is 1.52 bits per heavy atom. The number of benzene rings is 2. The number of halogens is 2. The molecule has 3 nitrogen and oxygen atoms in total. The zero-order chi connectivity index (χ0) is 17.2. The number of hydrogen-bond donors (Lipinski definition) is 0. The van der Waals surface area contributed by atoms with Gasteiger partial charge in [-0.3, -0.25) is 4.40 Å². The summed E-state index contributed by atoms with van der Waals surface area (Å²) in [6, 6.07) is 17.9.